The van der Waals surface area contributed by atoms with E-state index in [1.54, 1.807) is 31.4 Å². The normalized spacial score (nSPS) is 20.7. The monoisotopic (exact) mass is 496 g/mol. The second-order valence-corrected chi connectivity index (χ2v) is 8.81. The number of hydrogen-bond acceptors (Lipinski definition) is 7. The van der Waals surface area contributed by atoms with Gasteiger partial charge in [0.15, 0.2) is 11.5 Å². The molecule has 0 spiro atoms. The van der Waals surface area contributed by atoms with Crippen molar-refractivity contribution in [2.45, 2.75) is 25.3 Å². The number of aliphatic carboxylic acids is 1. The number of carbonyl (C=O) groups is 2. The molecular formula is C27H32N2O7. The number of amides is 1. The summed E-state index contributed by atoms with van der Waals surface area (Å²) in [6.07, 6.45) is 2.43. The highest BCUT2D eigenvalue weighted by Gasteiger charge is 2.49. The molecule has 0 aromatic heterocycles. The predicted molar refractivity (Wildman–Crippen MR) is 133 cm³/mol. The van der Waals surface area contributed by atoms with E-state index < -0.39 is 23.8 Å². The van der Waals surface area contributed by atoms with Crippen LogP contribution in [0.2, 0.25) is 0 Å². The Morgan fingerprint density at radius 2 is 2.03 bits per heavy atom. The Morgan fingerprint density at radius 1 is 1.22 bits per heavy atom. The van der Waals surface area contributed by atoms with Gasteiger partial charge in [-0.05, 0) is 30.2 Å². The lowest BCUT2D eigenvalue weighted by molar-refractivity contribution is -0.143. The third kappa shape index (κ3) is 5.26. The number of hydrogen-bond donors (Lipinski definition) is 2. The van der Waals surface area contributed by atoms with Gasteiger partial charge in [-0.3, -0.25) is 14.5 Å². The first-order chi connectivity index (χ1) is 17.5. The van der Waals surface area contributed by atoms with E-state index in [2.05, 4.69) is 11.9 Å². The molecule has 0 bridgehead atoms. The van der Waals surface area contributed by atoms with E-state index in [4.69, 9.17) is 18.9 Å². The molecule has 3 unspecified atom stereocenters. The molecule has 2 aliphatic rings. The quantitative estimate of drug-likeness (QED) is 0.456. The molecule has 2 aromatic carbocycles. The molecule has 36 heavy (non-hydrogen) atoms. The van der Waals surface area contributed by atoms with Gasteiger partial charge in [-0.25, -0.2) is 0 Å². The van der Waals surface area contributed by atoms with Gasteiger partial charge in [-0.1, -0.05) is 31.7 Å². The largest absolute Gasteiger partial charge is 0.497 e. The van der Waals surface area contributed by atoms with Gasteiger partial charge >= 0.3 is 5.97 Å². The van der Waals surface area contributed by atoms with Gasteiger partial charge in [0.1, 0.15) is 18.1 Å². The van der Waals surface area contributed by atoms with Crippen molar-refractivity contribution in [3.05, 3.63) is 60.2 Å². The van der Waals surface area contributed by atoms with Crippen molar-refractivity contribution < 1.29 is 33.6 Å². The minimum atomic E-state index is -0.954. The maximum Gasteiger partial charge on any atom is 0.309 e. The maximum atomic E-state index is 12.8. The molecule has 0 aliphatic carbocycles. The summed E-state index contributed by atoms with van der Waals surface area (Å²) in [5.41, 5.74) is 1.49. The van der Waals surface area contributed by atoms with Gasteiger partial charge in [0.2, 0.25) is 12.7 Å². The maximum absolute atomic E-state index is 12.8. The highest BCUT2D eigenvalue weighted by molar-refractivity contribution is 5.79. The lowest BCUT2D eigenvalue weighted by Crippen LogP contribution is -2.38. The van der Waals surface area contributed by atoms with Crippen molar-refractivity contribution in [1.29, 1.82) is 0 Å². The Bertz CT molecular complexity index is 1120. The van der Waals surface area contributed by atoms with Gasteiger partial charge < -0.3 is 29.4 Å². The fraction of sp³-hybridized carbons (Fsp3) is 0.407. The van der Waals surface area contributed by atoms with E-state index in [0.717, 1.165) is 12.0 Å². The Morgan fingerprint density at radius 3 is 2.75 bits per heavy atom. The van der Waals surface area contributed by atoms with Crippen molar-refractivity contribution in [3.63, 3.8) is 0 Å². The SMILES string of the molecule is C=CCOc1cc(OC)ccc1C1C(C(=O)O)C(c2ccc3c(c2)OCO3)CN1CC(=O)NCCC. The van der Waals surface area contributed by atoms with Crippen LogP contribution in [-0.4, -0.2) is 62.0 Å². The van der Waals surface area contributed by atoms with E-state index in [-0.39, 0.29) is 25.9 Å². The van der Waals surface area contributed by atoms with Crippen molar-refractivity contribution in [3.8, 4) is 23.0 Å². The standard InChI is InChI=1S/C27H32N2O7/c1-4-10-28-24(30)15-29-14-20(17-6-9-21-23(12-17)36-16-35-21)25(27(31)32)26(29)19-8-7-18(33-3)13-22(19)34-11-5-2/h5-9,12-13,20,25-26H,2,4,10-11,14-16H2,1,3H3,(H,28,30)(H,31,32). The van der Waals surface area contributed by atoms with Crippen molar-refractivity contribution >= 4 is 11.9 Å². The first kappa shape index (κ1) is 25.4. The number of methoxy groups -OCH3 is 1. The molecule has 2 heterocycles. The second-order valence-electron chi connectivity index (χ2n) is 8.81. The Hall–Kier alpha value is -3.72. The number of likely N-dealkylation sites (tertiary alicyclic amines) is 1. The summed E-state index contributed by atoms with van der Waals surface area (Å²) in [6, 6.07) is 10.2. The highest BCUT2D eigenvalue weighted by Crippen LogP contribution is 2.49. The van der Waals surface area contributed by atoms with Gasteiger partial charge in [-0.15, -0.1) is 0 Å². The van der Waals surface area contributed by atoms with Crippen LogP contribution in [0.3, 0.4) is 0 Å². The Balaban J connectivity index is 1.77. The zero-order chi connectivity index (χ0) is 25.7. The van der Waals surface area contributed by atoms with Crippen LogP contribution < -0.4 is 24.3 Å². The molecule has 2 N–H and O–H groups in total. The summed E-state index contributed by atoms with van der Waals surface area (Å²) in [5.74, 6) is -0.0424. The second kappa shape index (κ2) is 11.3. The number of nitrogens with one attached hydrogen (secondary N) is 1. The highest BCUT2D eigenvalue weighted by atomic mass is 16.7. The summed E-state index contributed by atoms with van der Waals surface area (Å²) < 4.78 is 22.3. The lowest BCUT2D eigenvalue weighted by Gasteiger charge is -2.28. The summed E-state index contributed by atoms with van der Waals surface area (Å²) in [6.45, 7) is 7.06. The molecule has 0 saturated carbocycles. The third-order valence-corrected chi connectivity index (χ3v) is 6.52. The minimum Gasteiger partial charge on any atom is -0.497 e. The number of benzene rings is 2. The fourth-order valence-electron chi connectivity index (χ4n) is 4.91. The first-order valence-electron chi connectivity index (χ1n) is 12.0. The molecule has 3 atom stereocenters. The van der Waals surface area contributed by atoms with E-state index in [9.17, 15) is 14.7 Å². The van der Waals surface area contributed by atoms with E-state index in [1.165, 1.54) is 0 Å². The van der Waals surface area contributed by atoms with Crippen LogP contribution in [0.5, 0.6) is 23.0 Å². The number of rotatable bonds is 11. The van der Waals surface area contributed by atoms with Crippen LogP contribution in [0, 0.1) is 5.92 Å². The van der Waals surface area contributed by atoms with Crippen LogP contribution in [0.25, 0.3) is 0 Å². The molecule has 192 valence electrons. The van der Waals surface area contributed by atoms with Crippen molar-refractivity contribution in [2.75, 3.05) is 40.1 Å². The first-order valence-corrected chi connectivity index (χ1v) is 12.0. The van der Waals surface area contributed by atoms with Crippen molar-refractivity contribution in [2.24, 2.45) is 5.92 Å². The van der Waals surface area contributed by atoms with Crippen LogP contribution >= 0.6 is 0 Å². The Labute approximate surface area is 210 Å². The molecule has 4 rings (SSSR count). The van der Waals surface area contributed by atoms with Crippen LogP contribution in [0.4, 0.5) is 0 Å². The average Bonchev–Trinajstić information content (AvgIpc) is 3.50. The number of carbonyl (C=O) groups excluding carboxylic acids is 1. The summed E-state index contributed by atoms with van der Waals surface area (Å²) in [5, 5.41) is 13.4. The van der Waals surface area contributed by atoms with E-state index in [0.29, 0.717) is 41.7 Å². The number of carboxylic acid groups (broad SMARTS) is 1. The van der Waals surface area contributed by atoms with Gasteiger partial charge in [0.25, 0.3) is 0 Å². The number of ether oxygens (including phenoxy) is 4. The van der Waals surface area contributed by atoms with Gasteiger partial charge in [-0.2, -0.15) is 0 Å². The topological polar surface area (TPSA) is 107 Å². The van der Waals surface area contributed by atoms with Crippen molar-refractivity contribution in [1.82, 2.24) is 10.2 Å². The van der Waals surface area contributed by atoms with Crippen LogP contribution in [-0.2, 0) is 9.59 Å². The molecule has 1 fully saturated rings. The zero-order valence-corrected chi connectivity index (χ0v) is 20.6. The number of nitrogens with zero attached hydrogens (tertiary/aromatic N) is 1. The molecule has 1 saturated heterocycles. The summed E-state index contributed by atoms with van der Waals surface area (Å²) in [7, 11) is 1.56. The van der Waals surface area contributed by atoms with Gasteiger partial charge in [0.05, 0.1) is 25.6 Å². The zero-order valence-electron chi connectivity index (χ0n) is 20.6. The molecule has 9 heteroatoms. The fourth-order valence-corrected chi connectivity index (χ4v) is 4.91. The molecule has 2 aromatic rings. The third-order valence-electron chi connectivity index (χ3n) is 6.52. The molecule has 1 amide bonds. The summed E-state index contributed by atoms with van der Waals surface area (Å²) >= 11 is 0. The molecule has 2 aliphatic heterocycles. The smallest absolute Gasteiger partial charge is 0.309 e. The molecule has 9 nitrogen and oxygen atoms in total. The average molecular weight is 497 g/mol. The van der Waals surface area contributed by atoms with Crippen LogP contribution in [0.1, 0.15) is 36.4 Å². The van der Waals surface area contributed by atoms with Crippen LogP contribution in [0.15, 0.2) is 49.1 Å². The minimum absolute atomic E-state index is 0.0580. The number of fused-ring (bicyclic) bond motifs is 1. The van der Waals surface area contributed by atoms with Gasteiger partial charge in [0, 0.05) is 30.6 Å². The number of carboxylic acids is 1. The molecular weight excluding hydrogens is 464 g/mol. The molecule has 0 radical (unpaired) electrons. The Kier molecular flexibility index (Phi) is 8.00. The van der Waals surface area contributed by atoms with E-state index >= 15 is 0 Å². The predicted octanol–water partition coefficient (Wildman–Crippen LogP) is 3.36. The lowest BCUT2D eigenvalue weighted by atomic mass is 9.82. The summed E-state index contributed by atoms with van der Waals surface area (Å²) in [4.78, 5) is 27.5. The van der Waals surface area contributed by atoms with E-state index in [1.807, 2.05) is 30.0 Å².